The average Bonchev–Trinajstić information content (AvgIpc) is 2.05. The number of hydrogen-bond donors (Lipinski definition) is 0. The van der Waals surface area contributed by atoms with Crippen molar-refractivity contribution in [2.45, 2.75) is 45.4 Å². The van der Waals surface area contributed by atoms with Crippen LogP contribution in [-0.4, -0.2) is 10.2 Å². The van der Waals surface area contributed by atoms with E-state index in [0.29, 0.717) is 0 Å². The topological polar surface area (TPSA) is 0 Å². The van der Waals surface area contributed by atoms with Gasteiger partial charge in [0, 0.05) is 10.2 Å². The van der Waals surface area contributed by atoms with Gasteiger partial charge in [-0.25, -0.2) is 0 Å². The molecule has 70 valence electrons. The van der Waals surface area contributed by atoms with Gasteiger partial charge in [0.1, 0.15) is 0 Å². The van der Waals surface area contributed by atoms with Crippen LogP contribution in [-0.2, 0) is 0 Å². The van der Waals surface area contributed by atoms with E-state index in [2.05, 4.69) is 13.5 Å². The second kappa shape index (κ2) is 4.86. The van der Waals surface area contributed by atoms with Crippen molar-refractivity contribution < 1.29 is 0 Å². The van der Waals surface area contributed by atoms with E-state index in [1.54, 1.807) is 0 Å². The molecular formula is C11H22Si. The molecule has 1 heteroatoms. The van der Waals surface area contributed by atoms with E-state index in [9.17, 15) is 0 Å². The Kier molecular flexibility index (Phi) is 4.06. The molecule has 0 amide bonds. The van der Waals surface area contributed by atoms with Crippen molar-refractivity contribution in [2.24, 2.45) is 11.8 Å². The summed E-state index contributed by atoms with van der Waals surface area (Å²) >= 11 is 0. The van der Waals surface area contributed by atoms with Crippen LogP contribution in [0.5, 0.6) is 0 Å². The summed E-state index contributed by atoms with van der Waals surface area (Å²) in [5.41, 5.74) is 0. The maximum Gasteiger partial charge on any atom is 0.0325 e. The molecule has 0 spiro atoms. The lowest BCUT2D eigenvalue weighted by Crippen LogP contribution is -2.15. The summed E-state index contributed by atoms with van der Waals surface area (Å²) in [5.74, 6) is 1.93. The van der Waals surface area contributed by atoms with Gasteiger partial charge >= 0.3 is 0 Å². The van der Waals surface area contributed by atoms with Crippen LogP contribution < -0.4 is 0 Å². The Hall–Kier alpha value is -0.0431. The van der Waals surface area contributed by atoms with Crippen LogP contribution in [0.1, 0.15) is 45.4 Å². The molecular weight excluding hydrogens is 160 g/mol. The van der Waals surface area contributed by atoms with Crippen molar-refractivity contribution in [3.05, 3.63) is 11.8 Å². The zero-order chi connectivity index (χ0) is 8.97. The fourth-order valence-corrected chi connectivity index (χ4v) is 3.06. The highest BCUT2D eigenvalue weighted by Gasteiger charge is 2.19. The highest BCUT2D eigenvalue weighted by atomic mass is 28.1. The van der Waals surface area contributed by atoms with Gasteiger partial charge in [-0.1, -0.05) is 44.2 Å². The van der Waals surface area contributed by atoms with Crippen molar-refractivity contribution in [3.8, 4) is 0 Å². The van der Waals surface area contributed by atoms with Crippen LogP contribution in [0.25, 0.3) is 0 Å². The molecule has 0 bridgehead atoms. The quantitative estimate of drug-likeness (QED) is 0.588. The molecule has 0 aromatic heterocycles. The van der Waals surface area contributed by atoms with Crippen molar-refractivity contribution in [3.63, 3.8) is 0 Å². The van der Waals surface area contributed by atoms with Crippen molar-refractivity contribution >= 4 is 10.2 Å². The van der Waals surface area contributed by atoms with Gasteiger partial charge in [-0.2, -0.15) is 0 Å². The Morgan fingerprint density at radius 2 is 2.00 bits per heavy atom. The molecule has 12 heavy (non-hydrogen) atoms. The third kappa shape index (κ3) is 3.14. The van der Waals surface area contributed by atoms with Gasteiger partial charge < -0.3 is 0 Å². The summed E-state index contributed by atoms with van der Waals surface area (Å²) in [4.78, 5) is 0. The third-order valence-electron chi connectivity index (χ3n) is 3.13. The van der Waals surface area contributed by atoms with E-state index in [4.69, 9.17) is 0 Å². The van der Waals surface area contributed by atoms with E-state index in [-0.39, 0.29) is 0 Å². The largest absolute Gasteiger partial charge is 0.105 e. The lowest BCUT2D eigenvalue weighted by atomic mass is 9.79. The first-order chi connectivity index (χ1) is 5.70. The van der Waals surface area contributed by atoms with E-state index < -0.39 is 0 Å². The first-order valence-corrected chi connectivity index (χ1v) is 6.34. The molecule has 0 N–H and O–H groups in total. The standard InChI is InChI=1S/C11H22Si/c1-9(8-10(2)12)11-6-4-3-5-7-11/h9,11H,2-8H2,1,12H3. The van der Waals surface area contributed by atoms with Gasteiger partial charge in [0.15, 0.2) is 0 Å². The Morgan fingerprint density at radius 3 is 2.50 bits per heavy atom. The van der Waals surface area contributed by atoms with Gasteiger partial charge in [-0.05, 0) is 18.3 Å². The second-order valence-electron chi connectivity index (χ2n) is 4.54. The second-order valence-corrected chi connectivity index (χ2v) is 5.95. The smallest absolute Gasteiger partial charge is 0.0325 e. The van der Waals surface area contributed by atoms with Crippen LogP contribution in [0.4, 0.5) is 0 Å². The Labute approximate surface area is 79.9 Å². The minimum atomic E-state index is 0.912. The maximum absolute atomic E-state index is 4.05. The highest BCUT2D eigenvalue weighted by Crippen LogP contribution is 2.32. The average molecular weight is 182 g/mol. The van der Waals surface area contributed by atoms with Crippen molar-refractivity contribution in [1.82, 2.24) is 0 Å². The monoisotopic (exact) mass is 182 g/mol. The molecule has 0 aliphatic heterocycles. The fourth-order valence-electron chi connectivity index (χ4n) is 2.42. The SMILES string of the molecule is C=C([SiH3])CC(C)C1CCCCC1. The molecule has 1 unspecified atom stereocenters. The number of allylic oxidation sites excluding steroid dienone is 1. The molecule has 1 saturated carbocycles. The Balaban J connectivity index is 2.29. The van der Waals surface area contributed by atoms with Gasteiger partial charge in [0.25, 0.3) is 0 Å². The van der Waals surface area contributed by atoms with Crippen LogP contribution in [0.2, 0.25) is 0 Å². The summed E-state index contributed by atoms with van der Waals surface area (Å²) in [7, 11) is 1.19. The van der Waals surface area contributed by atoms with E-state index in [0.717, 1.165) is 11.8 Å². The molecule has 1 aliphatic rings. The number of hydrogen-bond acceptors (Lipinski definition) is 0. The summed E-state index contributed by atoms with van der Waals surface area (Å²) < 4.78 is 0. The summed E-state index contributed by atoms with van der Waals surface area (Å²) in [5, 5.41) is 1.49. The van der Waals surface area contributed by atoms with Crippen molar-refractivity contribution in [1.29, 1.82) is 0 Å². The Morgan fingerprint density at radius 1 is 1.42 bits per heavy atom. The molecule has 0 radical (unpaired) electrons. The first-order valence-electron chi connectivity index (χ1n) is 5.34. The molecule has 0 heterocycles. The summed E-state index contributed by atoms with van der Waals surface area (Å²) in [6.07, 6.45) is 8.69. The third-order valence-corrected chi connectivity index (χ3v) is 3.53. The fraction of sp³-hybridized carbons (Fsp3) is 0.818. The van der Waals surface area contributed by atoms with Gasteiger partial charge in [-0.3, -0.25) is 0 Å². The van der Waals surface area contributed by atoms with Crippen molar-refractivity contribution in [2.75, 3.05) is 0 Å². The lowest BCUT2D eigenvalue weighted by molar-refractivity contribution is 0.264. The molecule has 1 fully saturated rings. The molecule has 0 saturated heterocycles. The van der Waals surface area contributed by atoms with E-state index in [1.165, 1.54) is 54.0 Å². The Bertz CT molecular complexity index is 145. The van der Waals surface area contributed by atoms with Crippen LogP contribution in [0.15, 0.2) is 11.8 Å². The molecule has 0 nitrogen and oxygen atoms in total. The predicted octanol–water partition coefficient (Wildman–Crippen LogP) is 2.47. The highest BCUT2D eigenvalue weighted by molar-refractivity contribution is 6.21. The summed E-state index contributed by atoms with van der Waals surface area (Å²) in [6.45, 7) is 6.47. The summed E-state index contributed by atoms with van der Waals surface area (Å²) in [6, 6.07) is 0. The van der Waals surface area contributed by atoms with Gasteiger partial charge in [0.2, 0.25) is 0 Å². The number of rotatable bonds is 3. The van der Waals surface area contributed by atoms with Gasteiger partial charge in [-0.15, -0.1) is 6.58 Å². The first kappa shape index (κ1) is 10.0. The maximum atomic E-state index is 4.05. The van der Waals surface area contributed by atoms with Crippen LogP contribution in [0, 0.1) is 11.8 Å². The minimum absolute atomic E-state index is 0.912. The molecule has 1 atom stereocenters. The molecule has 1 aliphatic carbocycles. The lowest BCUT2D eigenvalue weighted by Gasteiger charge is -2.27. The van der Waals surface area contributed by atoms with Crippen LogP contribution >= 0.6 is 0 Å². The predicted molar refractivity (Wildman–Crippen MR) is 59.4 cm³/mol. The van der Waals surface area contributed by atoms with Gasteiger partial charge in [0.05, 0.1) is 0 Å². The molecule has 1 rings (SSSR count). The zero-order valence-corrected chi connectivity index (χ0v) is 10.6. The molecule has 0 aromatic carbocycles. The minimum Gasteiger partial charge on any atom is -0.105 e. The molecule has 0 aromatic rings. The zero-order valence-electron chi connectivity index (χ0n) is 8.60. The van der Waals surface area contributed by atoms with E-state index >= 15 is 0 Å². The van der Waals surface area contributed by atoms with Crippen LogP contribution in [0.3, 0.4) is 0 Å². The van der Waals surface area contributed by atoms with E-state index in [1.807, 2.05) is 0 Å². The normalized spacial score (nSPS) is 22.4.